The lowest BCUT2D eigenvalue weighted by Crippen LogP contribution is -2.60. The summed E-state index contributed by atoms with van der Waals surface area (Å²) in [5.41, 5.74) is 1.53. The summed E-state index contributed by atoms with van der Waals surface area (Å²) in [7, 11) is 1.90. The van der Waals surface area contributed by atoms with Gasteiger partial charge in [0.1, 0.15) is 11.3 Å². The third kappa shape index (κ3) is 4.02. The zero-order valence-electron chi connectivity index (χ0n) is 16.9. The number of nitrogens with one attached hydrogen (secondary N) is 1. The second-order valence-electron chi connectivity index (χ2n) is 7.51. The zero-order chi connectivity index (χ0) is 20.3. The predicted octanol–water partition coefficient (Wildman–Crippen LogP) is 3.28. The molecule has 0 saturated carbocycles. The van der Waals surface area contributed by atoms with E-state index in [1.54, 1.807) is 18.7 Å². The second kappa shape index (κ2) is 8.02. The van der Waals surface area contributed by atoms with E-state index in [0.717, 1.165) is 17.0 Å². The highest BCUT2D eigenvalue weighted by Gasteiger charge is 2.43. The third-order valence-corrected chi connectivity index (χ3v) is 4.85. The highest BCUT2D eigenvalue weighted by molar-refractivity contribution is 6.14. The molecule has 148 valence electrons. The number of anilines is 2. The molecule has 0 spiro atoms. The number of benzene rings is 2. The third-order valence-electron chi connectivity index (χ3n) is 4.85. The maximum Gasteiger partial charge on any atom is 0.250 e. The molecule has 2 amide bonds. The Morgan fingerprint density at radius 1 is 1.14 bits per heavy atom. The molecule has 1 heterocycles. The average Bonchev–Trinajstić information content (AvgIpc) is 2.64. The van der Waals surface area contributed by atoms with Crippen LogP contribution in [0.1, 0.15) is 26.3 Å². The minimum absolute atomic E-state index is 0.110. The van der Waals surface area contributed by atoms with Crippen molar-refractivity contribution in [2.45, 2.75) is 32.9 Å². The van der Waals surface area contributed by atoms with E-state index in [4.69, 9.17) is 4.74 Å². The van der Waals surface area contributed by atoms with Gasteiger partial charge in [-0.15, -0.1) is 0 Å². The Balaban J connectivity index is 1.73. The van der Waals surface area contributed by atoms with Gasteiger partial charge in [-0.1, -0.05) is 24.3 Å². The Morgan fingerprint density at radius 2 is 1.82 bits per heavy atom. The Bertz CT molecular complexity index is 862. The van der Waals surface area contributed by atoms with Crippen LogP contribution in [0.3, 0.4) is 0 Å². The summed E-state index contributed by atoms with van der Waals surface area (Å²) in [6.07, 6.45) is 0. The molecule has 0 bridgehead atoms. The van der Waals surface area contributed by atoms with Crippen molar-refractivity contribution in [2.24, 2.45) is 0 Å². The van der Waals surface area contributed by atoms with Crippen LogP contribution in [-0.4, -0.2) is 42.5 Å². The molecular weight excluding hydrogens is 354 g/mol. The highest BCUT2D eigenvalue weighted by atomic mass is 16.5. The molecule has 2 aromatic carbocycles. The number of likely N-dealkylation sites (N-methyl/N-ethyl adjacent to an activating group) is 1. The van der Waals surface area contributed by atoms with Crippen LogP contribution >= 0.6 is 0 Å². The lowest BCUT2D eigenvalue weighted by atomic mass is 9.96. The van der Waals surface area contributed by atoms with Crippen LogP contribution < -0.4 is 15.0 Å². The van der Waals surface area contributed by atoms with Crippen molar-refractivity contribution in [1.82, 2.24) is 4.90 Å². The summed E-state index contributed by atoms with van der Waals surface area (Å²) in [6.45, 7) is 6.95. The van der Waals surface area contributed by atoms with Crippen LogP contribution in [0, 0.1) is 0 Å². The van der Waals surface area contributed by atoms with Crippen molar-refractivity contribution in [3.8, 4) is 5.75 Å². The van der Waals surface area contributed by atoms with Gasteiger partial charge >= 0.3 is 0 Å². The molecule has 28 heavy (non-hydrogen) atoms. The molecule has 0 atom stereocenters. The Labute approximate surface area is 166 Å². The standard InChI is InChI=1S/C22H27N3O3/c1-5-28-17-12-10-16(11-13-17)14-24(4)15-20(26)25-19-9-7-6-8-18(19)23-21(27)22(25,2)3/h6-13H,5,14-15H2,1-4H3,(H,23,27). The van der Waals surface area contributed by atoms with Gasteiger partial charge in [0.2, 0.25) is 11.8 Å². The minimum atomic E-state index is -0.953. The van der Waals surface area contributed by atoms with E-state index >= 15 is 0 Å². The van der Waals surface area contributed by atoms with Crippen molar-refractivity contribution in [1.29, 1.82) is 0 Å². The zero-order valence-corrected chi connectivity index (χ0v) is 16.9. The molecule has 6 nitrogen and oxygen atoms in total. The number of fused-ring (bicyclic) bond motifs is 1. The number of carbonyl (C=O) groups excluding carboxylic acids is 2. The van der Waals surface area contributed by atoms with Crippen LogP contribution in [-0.2, 0) is 16.1 Å². The van der Waals surface area contributed by atoms with Crippen molar-refractivity contribution in [2.75, 3.05) is 30.4 Å². The maximum atomic E-state index is 13.1. The molecule has 1 aliphatic rings. The molecule has 2 aromatic rings. The highest BCUT2D eigenvalue weighted by Crippen LogP contribution is 2.36. The fourth-order valence-corrected chi connectivity index (χ4v) is 3.43. The normalized spacial score (nSPS) is 15.2. The van der Waals surface area contributed by atoms with Crippen LogP contribution in [0.2, 0.25) is 0 Å². The minimum Gasteiger partial charge on any atom is -0.494 e. The molecule has 3 rings (SSSR count). The molecule has 1 N–H and O–H groups in total. The fourth-order valence-electron chi connectivity index (χ4n) is 3.43. The summed E-state index contributed by atoms with van der Waals surface area (Å²) >= 11 is 0. The number of nitrogens with zero attached hydrogens (tertiary/aromatic N) is 2. The Kier molecular flexibility index (Phi) is 5.70. The van der Waals surface area contributed by atoms with E-state index in [2.05, 4.69) is 5.32 Å². The number of amides is 2. The monoisotopic (exact) mass is 381 g/mol. The number of hydrogen-bond acceptors (Lipinski definition) is 4. The topological polar surface area (TPSA) is 61.9 Å². The quantitative estimate of drug-likeness (QED) is 0.834. The number of ether oxygens (including phenoxy) is 1. The number of rotatable bonds is 6. The lowest BCUT2D eigenvalue weighted by molar-refractivity contribution is -0.127. The molecule has 0 saturated heterocycles. The van der Waals surface area contributed by atoms with Crippen LogP contribution in [0.15, 0.2) is 48.5 Å². The van der Waals surface area contributed by atoms with E-state index in [1.165, 1.54) is 0 Å². The maximum absolute atomic E-state index is 13.1. The van der Waals surface area contributed by atoms with Gasteiger partial charge in [0.15, 0.2) is 0 Å². The van der Waals surface area contributed by atoms with E-state index in [1.807, 2.05) is 67.4 Å². The summed E-state index contributed by atoms with van der Waals surface area (Å²) in [6, 6.07) is 15.3. The van der Waals surface area contributed by atoms with Crippen molar-refractivity contribution >= 4 is 23.2 Å². The van der Waals surface area contributed by atoms with Crippen molar-refractivity contribution in [3.63, 3.8) is 0 Å². The van der Waals surface area contributed by atoms with E-state index in [-0.39, 0.29) is 18.4 Å². The number of hydrogen-bond donors (Lipinski definition) is 1. The first-order valence-corrected chi connectivity index (χ1v) is 9.46. The first kappa shape index (κ1) is 19.9. The summed E-state index contributed by atoms with van der Waals surface area (Å²) in [5.74, 6) is 0.539. The molecule has 0 aromatic heterocycles. The SMILES string of the molecule is CCOc1ccc(CN(C)CC(=O)N2c3ccccc3NC(=O)C2(C)C)cc1. The van der Waals surface area contributed by atoms with Gasteiger partial charge < -0.3 is 10.1 Å². The lowest BCUT2D eigenvalue weighted by Gasteiger charge is -2.42. The Morgan fingerprint density at radius 3 is 2.50 bits per heavy atom. The van der Waals surface area contributed by atoms with Gasteiger partial charge in [0.05, 0.1) is 24.5 Å². The second-order valence-corrected chi connectivity index (χ2v) is 7.51. The van der Waals surface area contributed by atoms with Gasteiger partial charge in [-0.2, -0.15) is 0 Å². The van der Waals surface area contributed by atoms with Crippen molar-refractivity contribution < 1.29 is 14.3 Å². The van der Waals surface area contributed by atoms with Crippen LogP contribution in [0.25, 0.3) is 0 Å². The smallest absolute Gasteiger partial charge is 0.250 e. The molecule has 6 heteroatoms. The molecule has 0 fully saturated rings. The van der Waals surface area contributed by atoms with E-state index in [9.17, 15) is 9.59 Å². The summed E-state index contributed by atoms with van der Waals surface area (Å²) < 4.78 is 5.46. The van der Waals surface area contributed by atoms with E-state index < -0.39 is 5.54 Å². The van der Waals surface area contributed by atoms with Gasteiger partial charge in [-0.25, -0.2) is 0 Å². The molecule has 1 aliphatic heterocycles. The largest absolute Gasteiger partial charge is 0.494 e. The van der Waals surface area contributed by atoms with Gasteiger partial charge in [-0.3, -0.25) is 19.4 Å². The number of carbonyl (C=O) groups is 2. The van der Waals surface area contributed by atoms with Crippen LogP contribution in [0.5, 0.6) is 5.75 Å². The summed E-state index contributed by atoms with van der Waals surface area (Å²) in [4.78, 5) is 29.2. The van der Waals surface area contributed by atoms with E-state index in [0.29, 0.717) is 18.8 Å². The first-order valence-electron chi connectivity index (χ1n) is 9.46. The fraction of sp³-hybridized carbons (Fsp3) is 0.364. The van der Waals surface area contributed by atoms with Gasteiger partial charge in [0.25, 0.3) is 0 Å². The van der Waals surface area contributed by atoms with Crippen LogP contribution in [0.4, 0.5) is 11.4 Å². The molecule has 0 radical (unpaired) electrons. The Hall–Kier alpha value is -2.86. The average molecular weight is 381 g/mol. The molecular formula is C22H27N3O3. The van der Waals surface area contributed by atoms with Crippen molar-refractivity contribution in [3.05, 3.63) is 54.1 Å². The van der Waals surface area contributed by atoms with Gasteiger partial charge in [0, 0.05) is 6.54 Å². The first-order chi connectivity index (χ1) is 13.3. The number of para-hydroxylation sites is 2. The molecule has 0 unspecified atom stereocenters. The molecule has 0 aliphatic carbocycles. The predicted molar refractivity (Wildman–Crippen MR) is 111 cm³/mol. The summed E-state index contributed by atoms with van der Waals surface area (Å²) in [5, 5.41) is 2.89. The van der Waals surface area contributed by atoms with Gasteiger partial charge in [-0.05, 0) is 57.6 Å².